The van der Waals surface area contributed by atoms with Gasteiger partial charge < -0.3 is 53.6 Å². The van der Waals surface area contributed by atoms with Gasteiger partial charge in [0.2, 0.25) is 0 Å². The molecule has 2 aliphatic rings. The van der Waals surface area contributed by atoms with Crippen molar-refractivity contribution in [3.63, 3.8) is 0 Å². The Balaban J connectivity index is 2.43. The van der Waals surface area contributed by atoms with Crippen LogP contribution in [-0.4, -0.2) is 119 Å². The van der Waals surface area contributed by atoms with Crippen LogP contribution in [0.2, 0.25) is 0 Å². The minimum Gasteiger partial charge on any atom is -0.463 e. The SMILES string of the molecule is CC(=O)OC[C@@H]1O[C@@H](O[C@@H]2[C@@H](O)[C@@H](O)[C@@H](CO)O[C@H]2O)[C@H](OC(C)=O)[C@@H](OC(C)=O)[C@@H]1OC(C)=O. The van der Waals surface area contributed by atoms with Crippen molar-refractivity contribution in [2.75, 3.05) is 13.2 Å². The van der Waals surface area contributed by atoms with Crippen molar-refractivity contribution < 1.29 is 72.8 Å². The van der Waals surface area contributed by atoms with Gasteiger partial charge in [0, 0.05) is 27.7 Å². The van der Waals surface area contributed by atoms with Crippen molar-refractivity contribution in [2.45, 2.75) is 89.1 Å². The molecule has 0 aromatic carbocycles. The molecule has 0 spiro atoms. The van der Waals surface area contributed by atoms with E-state index in [1.54, 1.807) is 0 Å². The van der Waals surface area contributed by atoms with Crippen LogP contribution in [0, 0.1) is 0 Å². The lowest BCUT2D eigenvalue weighted by Gasteiger charge is -2.47. The lowest BCUT2D eigenvalue weighted by molar-refractivity contribution is -0.362. The van der Waals surface area contributed by atoms with E-state index in [2.05, 4.69) is 0 Å². The highest BCUT2D eigenvalue weighted by Gasteiger charge is 2.55. The van der Waals surface area contributed by atoms with Crippen LogP contribution in [-0.2, 0) is 52.3 Å². The van der Waals surface area contributed by atoms with Crippen molar-refractivity contribution in [1.82, 2.24) is 0 Å². The first-order valence-corrected chi connectivity index (χ1v) is 10.6. The maximum Gasteiger partial charge on any atom is 0.303 e. The highest BCUT2D eigenvalue weighted by atomic mass is 16.8. The summed E-state index contributed by atoms with van der Waals surface area (Å²) in [6.45, 7) is 2.99. The summed E-state index contributed by atoms with van der Waals surface area (Å²) < 4.78 is 37.0. The van der Waals surface area contributed by atoms with Crippen molar-refractivity contribution in [2.24, 2.45) is 0 Å². The second-order valence-electron chi connectivity index (χ2n) is 7.90. The second-order valence-corrected chi connectivity index (χ2v) is 7.90. The Labute approximate surface area is 199 Å². The quantitative estimate of drug-likeness (QED) is 0.188. The first-order chi connectivity index (χ1) is 16.3. The summed E-state index contributed by atoms with van der Waals surface area (Å²) in [7, 11) is 0. The second kappa shape index (κ2) is 12.5. The fraction of sp³-hybridized carbons (Fsp3) is 0.800. The van der Waals surface area contributed by atoms with Crippen LogP contribution >= 0.6 is 0 Å². The van der Waals surface area contributed by atoms with E-state index in [4.69, 9.17) is 33.2 Å². The van der Waals surface area contributed by atoms with E-state index in [1.807, 2.05) is 0 Å². The fourth-order valence-corrected chi connectivity index (χ4v) is 3.67. The lowest BCUT2D eigenvalue weighted by Crippen LogP contribution is -2.66. The molecule has 2 saturated heterocycles. The number of aliphatic hydroxyl groups is 4. The molecule has 15 nitrogen and oxygen atoms in total. The van der Waals surface area contributed by atoms with Crippen LogP contribution in [0.25, 0.3) is 0 Å². The van der Waals surface area contributed by atoms with Gasteiger partial charge in [0.25, 0.3) is 0 Å². The third-order valence-electron chi connectivity index (χ3n) is 5.08. The Bertz CT molecular complexity index is 772. The smallest absolute Gasteiger partial charge is 0.303 e. The molecule has 2 rings (SSSR count). The molecule has 4 N–H and O–H groups in total. The van der Waals surface area contributed by atoms with Gasteiger partial charge in [0.1, 0.15) is 37.1 Å². The monoisotopic (exact) mass is 510 g/mol. The Morgan fingerprint density at radius 1 is 0.686 bits per heavy atom. The van der Waals surface area contributed by atoms with E-state index in [9.17, 15) is 39.6 Å². The number of ether oxygens (including phenoxy) is 7. The molecule has 0 radical (unpaired) electrons. The molecule has 2 heterocycles. The van der Waals surface area contributed by atoms with Gasteiger partial charge in [-0.1, -0.05) is 0 Å². The lowest BCUT2D eigenvalue weighted by atomic mass is 9.96. The zero-order chi connectivity index (χ0) is 26.4. The van der Waals surface area contributed by atoms with Gasteiger partial charge in [-0.05, 0) is 0 Å². The van der Waals surface area contributed by atoms with Gasteiger partial charge in [-0.25, -0.2) is 0 Å². The molecule has 0 aromatic heterocycles. The first kappa shape index (κ1) is 28.8. The molecule has 15 heteroatoms. The fourth-order valence-electron chi connectivity index (χ4n) is 3.67. The topological polar surface area (TPSA) is 214 Å². The van der Waals surface area contributed by atoms with Crippen LogP contribution < -0.4 is 0 Å². The Morgan fingerprint density at radius 3 is 1.74 bits per heavy atom. The summed E-state index contributed by atoms with van der Waals surface area (Å²) in [6, 6.07) is 0. The standard InChI is InChI=1S/C20H30O15/c1-7(22)29-6-12-15(30-8(2)23)17(31-9(3)24)18(32-10(4)25)20(34-12)35-16-14(27)13(26)11(5-21)33-19(16)28/h11-21,26-28H,5-6H2,1-4H3/t11-,12+,13+,14+,15-,16-,17+,18-,19-,20+/m1/s1. The summed E-state index contributed by atoms with van der Waals surface area (Å²) in [5.41, 5.74) is 0. The van der Waals surface area contributed by atoms with Crippen LogP contribution in [0.4, 0.5) is 0 Å². The molecular formula is C20H30O15. The Hall–Kier alpha value is -2.40. The number of hydrogen-bond acceptors (Lipinski definition) is 15. The number of carbonyl (C=O) groups is 4. The van der Waals surface area contributed by atoms with Gasteiger partial charge in [-0.2, -0.15) is 0 Å². The van der Waals surface area contributed by atoms with E-state index in [-0.39, 0.29) is 0 Å². The Morgan fingerprint density at radius 2 is 1.23 bits per heavy atom. The summed E-state index contributed by atoms with van der Waals surface area (Å²) in [6.07, 6.45) is -16.0. The molecule has 2 fully saturated rings. The molecule has 10 atom stereocenters. The molecule has 0 amide bonds. The van der Waals surface area contributed by atoms with Crippen molar-refractivity contribution in [3.8, 4) is 0 Å². The van der Waals surface area contributed by atoms with Crippen molar-refractivity contribution in [3.05, 3.63) is 0 Å². The van der Waals surface area contributed by atoms with E-state index in [1.165, 1.54) is 0 Å². The summed E-state index contributed by atoms with van der Waals surface area (Å²) in [5.74, 6) is -3.29. The highest BCUT2D eigenvalue weighted by Crippen LogP contribution is 2.33. The molecular weight excluding hydrogens is 480 g/mol. The average Bonchev–Trinajstić information content (AvgIpc) is 2.75. The van der Waals surface area contributed by atoms with Crippen LogP contribution in [0.3, 0.4) is 0 Å². The average molecular weight is 510 g/mol. The largest absolute Gasteiger partial charge is 0.463 e. The molecule has 35 heavy (non-hydrogen) atoms. The first-order valence-electron chi connectivity index (χ1n) is 10.6. The van der Waals surface area contributed by atoms with Crippen LogP contribution in [0.15, 0.2) is 0 Å². The van der Waals surface area contributed by atoms with Gasteiger partial charge in [0.15, 0.2) is 30.9 Å². The molecule has 0 bridgehead atoms. The number of aliphatic hydroxyl groups excluding tert-OH is 4. The minimum atomic E-state index is -1.88. The van der Waals surface area contributed by atoms with Gasteiger partial charge in [0.05, 0.1) is 6.61 Å². The summed E-state index contributed by atoms with van der Waals surface area (Å²) in [4.78, 5) is 46.8. The molecule has 0 unspecified atom stereocenters. The van der Waals surface area contributed by atoms with Crippen molar-refractivity contribution >= 4 is 23.9 Å². The third kappa shape index (κ3) is 7.54. The van der Waals surface area contributed by atoms with E-state index in [0.717, 1.165) is 27.7 Å². The van der Waals surface area contributed by atoms with E-state index in [0.29, 0.717) is 0 Å². The maximum absolute atomic E-state index is 11.8. The number of rotatable bonds is 8. The number of hydrogen-bond donors (Lipinski definition) is 4. The van der Waals surface area contributed by atoms with Gasteiger partial charge in [-0.15, -0.1) is 0 Å². The summed E-state index contributed by atoms with van der Waals surface area (Å²) in [5, 5.41) is 40.1. The van der Waals surface area contributed by atoms with E-state index < -0.39 is 98.5 Å². The summed E-state index contributed by atoms with van der Waals surface area (Å²) >= 11 is 0. The third-order valence-corrected chi connectivity index (χ3v) is 5.08. The Kier molecular flexibility index (Phi) is 10.3. The predicted molar refractivity (Wildman–Crippen MR) is 107 cm³/mol. The molecule has 0 aliphatic carbocycles. The zero-order valence-corrected chi connectivity index (χ0v) is 19.5. The van der Waals surface area contributed by atoms with Crippen LogP contribution in [0.1, 0.15) is 27.7 Å². The van der Waals surface area contributed by atoms with Gasteiger partial charge in [-0.3, -0.25) is 19.2 Å². The van der Waals surface area contributed by atoms with Gasteiger partial charge >= 0.3 is 23.9 Å². The number of carbonyl (C=O) groups excluding carboxylic acids is 4. The normalized spacial score (nSPS) is 37.1. The van der Waals surface area contributed by atoms with Crippen LogP contribution in [0.5, 0.6) is 0 Å². The highest BCUT2D eigenvalue weighted by molar-refractivity contribution is 5.68. The number of esters is 4. The minimum absolute atomic E-state index is 0.515. The molecule has 0 saturated carbocycles. The predicted octanol–water partition coefficient (Wildman–Crippen LogP) is -3.11. The molecule has 0 aromatic rings. The van der Waals surface area contributed by atoms with Crippen molar-refractivity contribution in [1.29, 1.82) is 0 Å². The maximum atomic E-state index is 11.8. The molecule has 200 valence electrons. The molecule has 2 aliphatic heterocycles. The van der Waals surface area contributed by atoms with E-state index >= 15 is 0 Å². The zero-order valence-electron chi connectivity index (χ0n) is 19.5.